The molecule has 0 radical (unpaired) electrons. The van der Waals surface area contributed by atoms with Gasteiger partial charge in [0.2, 0.25) is 5.95 Å². The number of rotatable bonds is 9. The third kappa shape index (κ3) is 5.48. The number of hydrogen-bond acceptors (Lipinski definition) is 6. The third-order valence-electron chi connectivity index (χ3n) is 5.18. The summed E-state index contributed by atoms with van der Waals surface area (Å²) in [7, 11) is 0. The number of aliphatic hydroxyl groups excluding tert-OH is 2. The molecule has 3 aromatic rings. The summed E-state index contributed by atoms with van der Waals surface area (Å²) in [5.74, 6) is 0.314. The number of benzene rings is 1. The maximum atomic E-state index is 12.7. The fourth-order valence-corrected chi connectivity index (χ4v) is 3.21. The molecule has 1 amide bonds. The van der Waals surface area contributed by atoms with E-state index in [1.54, 1.807) is 18.5 Å². The van der Waals surface area contributed by atoms with Gasteiger partial charge in [0.05, 0.1) is 31.0 Å². The van der Waals surface area contributed by atoms with Gasteiger partial charge in [-0.05, 0) is 30.0 Å². The highest BCUT2D eigenvalue weighted by molar-refractivity contribution is 5.94. The summed E-state index contributed by atoms with van der Waals surface area (Å²) < 4.78 is 0. The molecule has 1 aromatic carbocycles. The summed E-state index contributed by atoms with van der Waals surface area (Å²) in [6.07, 6.45) is 3.43. The highest BCUT2D eigenvalue weighted by Gasteiger charge is 2.18. The monoisotopic (exact) mass is 423 g/mol. The van der Waals surface area contributed by atoms with Crippen LogP contribution >= 0.6 is 0 Å². The number of anilines is 1. The molecular weight excluding hydrogens is 394 g/mol. The van der Waals surface area contributed by atoms with Gasteiger partial charge in [-0.15, -0.1) is 0 Å². The molecule has 0 saturated heterocycles. The number of carbonyl (C=O) groups is 1. The molecule has 0 aliphatic rings. The molecule has 0 aliphatic carbocycles. The molecule has 8 nitrogen and oxygen atoms in total. The maximum absolute atomic E-state index is 12.7. The van der Waals surface area contributed by atoms with Crippen LogP contribution in [0.3, 0.4) is 0 Å². The van der Waals surface area contributed by atoms with Crippen LogP contribution in [0, 0.1) is 12.8 Å². The molecule has 0 unspecified atom stereocenters. The van der Waals surface area contributed by atoms with E-state index in [4.69, 9.17) is 0 Å². The Morgan fingerprint density at radius 2 is 1.90 bits per heavy atom. The van der Waals surface area contributed by atoms with E-state index in [0.29, 0.717) is 17.3 Å². The number of aromatic nitrogens is 3. The van der Waals surface area contributed by atoms with Crippen LogP contribution in [0.4, 0.5) is 5.95 Å². The van der Waals surface area contributed by atoms with Crippen molar-refractivity contribution in [3.05, 3.63) is 65.6 Å². The Hall–Kier alpha value is -3.23. The van der Waals surface area contributed by atoms with Gasteiger partial charge in [-0.25, -0.2) is 9.97 Å². The van der Waals surface area contributed by atoms with Crippen LogP contribution in [0.1, 0.15) is 41.5 Å². The number of aliphatic hydroxyl groups is 2. The summed E-state index contributed by atoms with van der Waals surface area (Å²) in [4.78, 5) is 24.6. The number of carbonyl (C=O) groups excluding carboxylic acids is 1. The first-order valence-corrected chi connectivity index (χ1v) is 10.3. The van der Waals surface area contributed by atoms with Crippen molar-refractivity contribution in [2.75, 3.05) is 18.5 Å². The Labute approximate surface area is 181 Å². The quantitative estimate of drug-likeness (QED) is 0.361. The first-order chi connectivity index (χ1) is 14.9. The number of hydrogen-bond donors (Lipinski definition) is 5. The molecule has 31 heavy (non-hydrogen) atoms. The largest absolute Gasteiger partial charge is 0.394 e. The van der Waals surface area contributed by atoms with E-state index in [-0.39, 0.29) is 31.1 Å². The zero-order valence-corrected chi connectivity index (χ0v) is 18.0. The van der Waals surface area contributed by atoms with Gasteiger partial charge in [-0.3, -0.25) is 4.79 Å². The lowest BCUT2D eigenvalue weighted by molar-refractivity contribution is 0.0911. The average Bonchev–Trinajstić information content (AvgIpc) is 3.27. The molecule has 164 valence electrons. The van der Waals surface area contributed by atoms with E-state index in [0.717, 1.165) is 16.7 Å². The minimum absolute atomic E-state index is 0.0217. The van der Waals surface area contributed by atoms with Crippen molar-refractivity contribution >= 4 is 11.9 Å². The average molecular weight is 424 g/mol. The zero-order chi connectivity index (χ0) is 22.4. The third-order valence-corrected chi connectivity index (χ3v) is 5.18. The Morgan fingerprint density at radius 3 is 2.55 bits per heavy atom. The number of nitrogens with one attached hydrogen (secondary N) is 3. The summed E-state index contributed by atoms with van der Waals surface area (Å²) in [5, 5.41) is 25.2. The second-order valence-electron chi connectivity index (χ2n) is 7.82. The molecular formula is C23H29N5O3. The minimum atomic E-state index is -0.497. The Morgan fingerprint density at radius 1 is 1.16 bits per heavy atom. The molecule has 0 fully saturated rings. The molecule has 2 atom stereocenters. The van der Waals surface area contributed by atoms with E-state index < -0.39 is 6.04 Å². The van der Waals surface area contributed by atoms with Crippen LogP contribution in [-0.2, 0) is 0 Å². The van der Waals surface area contributed by atoms with Crippen LogP contribution in [0.5, 0.6) is 0 Å². The van der Waals surface area contributed by atoms with Gasteiger partial charge in [0.1, 0.15) is 5.69 Å². The van der Waals surface area contributed by atoms with Crippen LogP contribution in [0.25, 0.3) is 11.3 Å². The van der Waals surface area contributed by atoms with Crippen molar-refractivity contribution in [3.8, 4) is 11.3 Å². The smallest absolute Gasteiger partial charge is 0.268 e. The number of aryl methyl sites for hydroxylation is 1. The van der Waals surface area contributed by atoms with Crippen molar-refractivity contribution in [2.45, 2.75) is 32.9 Å². The summed E-state index contributed by atoms with van der Waals surface area (Å²) in [6, 6.07) is 10.4. The second-order valence-corrected chi connectivity index (χ2v) is 7.82. The van der Waals surface area contributed by atoms with Gasteiger partial charge in [-0.2, -0.15) is 0 Å². The fraction of sp³-hybridized carbons (Fsp3) is 0.348. The molecule has 2 aromatic heterocycles. The maximum Gasteiger partial charge on any atom is 0.268 e. The van der Waals surface area contributed by atoms with Crippen molar-refractivity contribution < 1.29 is 15.0 Å². The molecule has 0 bridgehead atoms. The molecule has 0 spiro atoms. The minimum Gasteiger partial charge on any atom is -0.394 e. The van der Waals surface area contributed by atoms with E-state index in [9.17, 15) is 15.0 Å². The SMILES string of the molecule is Cc1cnc(N[C@H](CO)C(C)C)nc1-c1c[nH]c(C(=O)N[C@H](CO)c2ccccc2)c1. The van der Waals surface area contributed by atoms with Gasteiger partial charge in [0.15, 0.2) is 0 Å². The fourth-order valence-electron chi connectivity index (χ4n) is 3.21. The highest BCUT2D eigenvalue weighted by atomic mass is 16.3. The number of amides is 1. The van der Waals surface area contributed by atoms with Crippen molar-refractivity contribution in [2.24, 2.45) is 5.92 Å². The summed E-state index contributed by atoms with van der Waals surface area (Å²) >= 11 is 0. The van der Waals surface area contributed by atoms with Gasteiger partial charge in [0, 0.05) is 18.0 Å². The standard InChI is InChI=1S/C23H29N5O3/c1-14(2)19(12-29)27-23-25-10-15(3)21(28-23)17-9-18(24-11-17)22(31)26-20(13-30)16-7-5-4-6-8-16/h4-11,14,19-20,24,29-30H,12-13H2,1-3H3,(H,26,31)(H,25,27,28)/t19-,20-/m1/s1. The van der Waals surface area contributed by atoms with Crippen LogP contribution in [0.15, 0.2) is 48.8 Å². The van der Waals surface area contributed by atoms with E-state index in [1.807, 2.05) is 51.1 Å². The number of aromatic amines is 1. The van der Waals surface area contributed by atoms with E-state index >= 15 is 0 Å². The van der Waals surface area contributed by atoms with Gasteiger partial charge >= 0.3 is 0 Å². The predicted molar refractivity (Wildman–Crippen MR) is 120 cm³/mol. The lowest BCUT2D eigenvalue weighted by atomic mass is 10.1. The topological polar surface area (TPSA) is 123 Å². The second kappa shape index (κ2) is 10.2. The van der Waals surface area contributed by atoms with Crippen LogP contribution in [0.2, 0.25) is 0 Å². The van der Waals surface area contributed by atoms with Crippen molar-refractivity contribution in [1.82, 2.24) is 20.3 Å². The Bertz CT molecular complexity index is 1000. The molecule has 0 saturated carbocycles. The number of H-pyrrole nitrogens is 1. The normalized spacial score (nSPS) is 13.1. The molecule has 2 heterocycles. The van der Waals surface area contributed by atoms with Crippen molar-refractivity contribution in [3.63, 3.8) is 0 Å². The molecule has 3 rings (SSSR count). The highest BCUT2D eigenvalue weighted by Crippen LogP contribution is 2.24. The first kappa shape index (κ1) is 22.5. The van der Waals surface area contributed by atoms with Crippen LogP contribution in [-0.4, -0.2) is 50.3 Å². The first-order valence-electron chi connectivity index (χ1n) is 10.3. The molecule has 0 aliphatic heterocycles. The zero-order valence-electron chi connectivity index (χ0n) is 18.0. The predicted octanol–water partition coefficient (Wildman–Crippen LogP) is 2.67. The summed E-state index contributed by atoms with van der Waals surface area (Å²) in [6.45, 7) is 5.69. The van der Waals surface area contributed by atoms with Gasteiger partial charge < -0.3 is 25.8 Å². The Balaban J connectivity index is 1.78. The van der Waals surface area contributed by atoms with E-state index in [1.165, 1.54) is 0 Å². The lowest BCUT2D eigenvalue weighted by Crippen LogP contribution is -2.30. The van der Waals surface area contributed by atoms with Crippen molar-refractivity contribution in [1.29, 1.82) is 0 Å². The van der Waals surface area contributed by atoms with Crippen LogP contribution < -0.4 is 10.6 Å². The molecule has 5 N–H and O–H groups in total. The molecule has 8 heteroatoms. The lowest BCUT2D eigenvalue weighted by Gasteiger charge is -2.20. The van der Waals surface area contributed by atoms with Gasteiger partial charge in [0.25, 0.3) is 5.91 Å². The van der Waals surface area contributed by atoms with E-state index in [2.05, 4.69) is 25.6 Å². The Kier molecular flexibility index (Phi) is 7.38. The van der Waals surface area contributed by atoms with Gasteiger partial charge in [-0.1, -0.05) is 44.2 Å². The summed E-state index contributed by atoms with van der Waals surface area (Å²) in [5.41, 5.74) is 3.50. The number of nitrogens with zero attached hydrogens (tertiary/aromatic N) is 2.